The third-order valence-corrected chi connectivity index (χ3v) is 6.14. The Labute approximate surface area is 202 Å². The lowest BCUT2D eigenvalue weighted by Gasteiger charge is -2.33. The molecule has 0 bridgehead atoms. The van der Waals surface area contributed by atoms with E-state index in [-0.39, 0.29) is 18.1 Å². The van der Waals surface area contributed by atoms with Crippen molar-refractivity contribution in [2.45, 2.75) is 31.8 Å². The first-order valence-corrected chi connectivity index (χ1v) is 11.6. The molecule has 1 N–H and O–H groups in total. The number of hydrogen-bond acceptors (Lipinski definition) is 7. The summed E-state index contributed by atoms with van der Waals surface area (Å²) < 4.78 is 13.0. The molecule has 2 fully saturated rings. The van der Waals surface area contributed by atoms with Crippen LogP contribution in [0.15, 0.2) is 49.1 Å². The minimum absolute atomic E-state index is 0.0444. The van der Waals surface area contributed by atoms with Crippen molar-refractivity contribution >= 4 is 17.9 Å². The van der Waals surface area contributed by atoms with Gasteiger partial charge in [0.05, 0.1) is 24.6 Å². The molecular formula is C24H27N7O4. The van der Waals surface area contributed by atoms with Crippen molar-refractivity contribution in [3.05, 3.63) is 49.1 Å². The van der Waals surface area contributed by atoms with E-state index in [4.69, 9.17) is 9.47 Å². The van der Waals surface area contributed by atoms with Gasteiger partial charge in [-0.3, -0.25) is 15.0 Å². The highest BCUT2D eigenvalue weighted by Crippen LogP contribution is 2.27. The third kappa shape index (κ3) is 4.94. The number of carbonyl (C=O) groups excluding carboxylic acids is 2. The van der Waals surface area contributed by atoms with Gasteiger partial charge in [-0.25, -0.2) is 19.5 Å². The summed E-state index contributed by atoms with van der Waals surface area (Å²) in [5.41, 5.74) is 1.63. The fraction of sp³-hybridized carbons (Fsp3) is 0.375. The number of imide groups is 1. The molecule has 5 heterocycles. The summed E-state index contributed by atoms with van der Waals surface area (Å²) in [6, 6.07) is 6.20. The van der Waals surface area contributed by atoms with Crippen LogP contribution in [0.5, 0.6) is 11.5 Å². The highest BCUT2D eigenvalue weighted by molar-refractivity contribution is 6.01. The van der Waals surface area contributed by atoms with Crippen LogP contribution in [-0.4, -0.2) is 73.5 Å². The largest absolute Gasteiger partial charge is 0.456 e. The summed E-state index contributed by atoms with van der Waals surface area (Å²) in [5, 5.41) is 6.88. The van der Waals surface area contributed by atoms with Gasteiger partial charge in [0.1, 0.15) is 17.3 Å². The van der Waals surface area contributed by atoms with E-state index < -0.39 is 6.03 Å². The summed E-state index contributed by atoms with van der Waals surface area (Å²) in [6.07, 6.45) is 8.37. The standard InChI is InChI=1S/C24H27N7O4/c1-16-14-30(24(33)31(16)18-6-9-34-10-7-18)23(32)28-22-4-3-20(13-26-22)35-19-5-8-25-21(11-19)17-12-27-29(2)15-17/h3-5,8,11-13,15-16,18H,6-7,9-10,14H2,1-2H3,(H,26,28,32). The first-order valence-electron chi connectivity index (χ1n) is 11.6. The number of anilines is 1. The van der Waals surface area contributed by atoms with Crippen LogP contribution in [0.3, 0.4) is 0 Å². The molecule has 3 aromatic heterocycles. The quantitative estimate of drug-likeness (QED) is 0.598. The normalized spacial score (nSPS) is 18.7. The second kappa shape index (κ2) is 9.71. The van der Waals surface area contributed by atoms with E-state index in [9.17, 15) is 9.59 Å². The molecule has 11 nitrogen and oxygen atoms in total. The minimum atomic E-state index is -0.493. The van der Waals surface area contributed by atoms with E-state index in [2.05, 4.69) is 20.4 Å². The van der Waals surface area contributed by atoms with Crippen LogP contribution in [0.25, 0.3) is 11.3 Å². The van der Waals surface area contributed by atoms with Crippen molar-refractivity contribution in [2.75, 3.05) is 25.1 Å². The Kier molecular flexibility index (Phi) is 6.32. The van der Waals surface area contributed by atoms with Crippen molar-refractivity contribution in [1.82, 2.24) is 29.5 Å². The summed E-state index contributed by atoms with van der Waals surface area (Å²) in [6.45, 7) is 3.57. The van der Waals surface area contributed by atoms with Crippen molar-refractivity contribution in [1.29, 1.82) is 0 Å². The van der Waals surface area contributed by atoms with Crippen LogP contribution in [0, 0.1) is 0 Å². The van der Waals surface area contributed by atoms with Crippen LogP contribution in [-0.2, 0) is 11.8 Å². The van der Waals surface area contributed by atoms with Crippen LogP contribution < -0.4 is 10.1 Å². The molecule has 0 saturated carbocycles. The van der Waals surface area contributed by atoms with E-state index in [1.54, 1.807) is 40.2 Å². The Morgan fingerprint density at radius 2 is 1.97 bits per heavy atom. The Morgan fingerprint density at radius 3 is 2.69 bits per heavy atom. The molecule has 2 aliphatic rings. The van der Waals surface area contributed by atoms with Crippen molar-refractivity contribution in [3.8, 4) is 22.8 Å². The molecule has 2 aliphatic heterocycles. The number of ether oxygens (including phenoxy) is 2. The molecule has 2 saturated heterocycles. The Morgan fingerprint density at radius 1 is 1.14 bits per heavy atom. The molecule has 1 unspecified atom stereocenters. The van der Waals surface area contributed by atoms with Crippen LogP contribution >= 0.6 is 0 Å². The summed E-state index contributed by atoms with van der Waals surface area (Å²) >= 11 is 0. The Hall–Kier alpha value is -3.99. The van der Waals surface area contributed by atoms with Crippen LogP contribution in [0.2, 0.25) is 0 Å². The summed E-state index contributed by atoms with van der Waals surface area (Å²) in [4.78, 5) is 37.4. The van der Waals surface area contributed by atoms with Gasteiger partial charge in [-0.05, 0) is 38.0 Å². The minimum Gasteiger partial charge on any atom is -0.456 e. The van der Waals surface area contributed by atoms with Crippen molar-refractivity contribution in [2.24, 2.45) is 7.05 Å². The van der Waals surface area contributed by atoms with E-state index in [1.807, 2.05) is 26.2 Å². The lowest BCUT2D eigenvalue weighted by molar-refractivity contribution is 0.0435. The van der Waals surface area contributed by atoms with Gasteiger partial charge in [0.25, 0.3) is 0 Å². The lowest BCUT2D eigenvalue weighted by Crippen LogP contribution is -2.46. The molecule has 3 aromatic rings. The molecule has 182 valence electrons. The zero-order chi connectivity index (χ0) is 24.4. The first-order chi connectivity index (χ1) is 17.0. The monoisotopic (exact) mass is 477 g/mol. The van der Waals surface area contributed by atoms with Gasteiger partial charge in [0.15, 0.2) is 0 Å². The fourth-order valence-electron chi connectivity index (χ4n) is 4.42. The first kappa shape index (κ1) is 22.8. The van der Waals surface area contributed by atoms with Gasteiger partial charge < -0.3 is 14.4 Å². The fourth-order valence-corrected chi connectivity index (χ4v) is 4.42. The van der Waals surface area contributed by atoms with Gasteiger partial charge in [-0.2, -0.15) is 5.10 Å². The number of aromatic nitrogens is 4. The maximum atomic E-state index is 12.9. The molecule has 0 radical (unpaired) electrons. The molecular weight excluding hydrogens is 450 g/mol. The van der Waals surface area contributed by atoms with Crippen LogP contribution in [0.1, 0.15) is 19.8 Å². The number of nitrogens with one attached hydrogen (secondary N) is 1. The third-order valence-electron chi connectivity index (χ3n) is 6.14. The number of pyridine rings is 2. The Bertz CT molecular complexity index is 1210. The van der Waals surface area contributed by atoms with Crippen LogP contribution in [0.4, 0.5) is 15.4 Å². The van der Waals surface area contributed by atoms with E-state index in [0.29, 0.717) is 37.1 Å². The average molecular weight is 478 g/mol. The second-order valence-electron chi connectivity index (χ2n) is 8.68. The number of urea groups is 2. The molecule has 0 aromatic carbocycles. The van der Waals surface area contributed by atoms with Gasteiger partial charge in [0, 0.05) is 56.4 Å². The van der Waals surface area contributed by atoms with Crippen molar-refractivity contribution < 1.29 is 19.1 Å². The van der Waals surface area contributed by atoms with Crippen molar-refractivity contribution in [3.63, 3.8) is 0 Å². The predicted octanol–water partition coefficient (Wildman–Crippen LogP) is 3.51. The average Bonchev–Trinajstić information content (AvgIpc) is 3.43. The topological polar surface area (TPSA) is 115 Å². The highest BCUT2D eigenvalue weighted by Gasteiger charge is 2.42. The SMILES string of the molecule is CC1CN(C(=O)Nc2ccc(Oc3ccnc(-c4cnn(C)c4)c3)cn2)C(=O)N1C1CCOCC1. The van der Waals surface area contributed by atoms with Gasteiger partial charge in [0.2, 0.25) is 0 Å². The highest BCUT2D eigenvalue weighted by atomic mass is 16.5. The summed E-state index contributed by atoms with van der Waals surface area (Å²) in [5.74, 6) is 1.43. The molecule has 1 atom stereocenters. The maximum Gasteiger partial charge on any atom is 0.331 e. The smallest absolute Gasteiger partial charge is 0.331 e. The number of amides is 4. The number of carbonyl (C=O) groups is 2. The predicted molar refractivity (Wildman–Crippen MR) is 127 cm³/mol. The molecule has 5 rings (SSSR count). The molecule has 0 spiro atoms. The zero-order valence-corrected chi connectivity index (χ0v) is 19.6. The molecule has 11 heteroatoms. The number of aryl methyl sites for hydroxylation is 1. The van der Waals surface area contributed by atoms with E-state index in [1.165, 1.54) is 11.1 Å². The van der Waals surface area contributed by atoms with Gasteiger partial charge >= 0.3 is 12.1 Å². The van der Waals surface area contributed by atoms with E-state index >= 15 is 0 Å². The number of hydrogen-bond donors (Lipinski definition) is 1. The van der Waals surface area contributed by atoms with E-state index in [0.717, 1.165) is 24.1 Å². The molecule has 35 heavy (non-hydrogen) atoms. The molecule has 4 amide bonds. The number of nitrogens with zero attached hydrogens (tertiary/aromatic N) is 6. The van der Waals surface area contributed by atoms with Gasteiger partial charge in [-0.15, -0.1) is 0 Å². The maximum absolute atomic E-state index is 12.9. The van der Waals surface area contributed by atoms with Gasteiger partial charge in [-0.1, -0.05) is 0 Å². The molecule has 0 aliphatic carbocycles. The Balaban J connectivity index is 1.20. The summed E-state index contributed by atoms with van der Waals surface area (Å²) in [7, 11) is 1.85. The zero-order valence-electron chi connectivity index (χ0n) is 19.6. The second-order valence-corrected chi connectivity index (χ2v) is 8.68. The lowest BCUT2D eigenvalue weighted by atomic mass is 10.1. The number of rotatable bonds is 5.